The molecule has 0 aliphatic heterocycles. The van der Waals surface area contributed by atoms with Crippen molar-refractivity contribution in [3.63, 3.8) is 0 Å². The average molecular weight is 237 g/mol. The number of benzene rings is 1. The molecule has 0 saturated carbocycles. The molecule has 0 spiro atoms. The molecule has 1 aromatic carbocycles. The summed E-state index contributed by atoms with van der Waals surface area (Å²) in [6, 6.07) is 4.05. The highest BCUT2D eigenvalue weighted by molar-refractivity contribution is 5.44. The highest BCUT2D eigenvalue weighted by Gasteiger charge is 2.08. The van der Waals surface area contributed by atoms with Crippen molar-refractivity contribution in [1.29, 1.82) is 0 Å². The maximum absolute atomic E-state index is 13.3. The summed E-state index contributed by atoms with van der Waals surface area (Å²) in [4.78, 5) is 4.14. The summed E-state index contributed by atoms with van der Waals surface area (Å²) < 4.78 is 28.2. The zero-order valence-corrected chi connectivity index (χ0v) is 9.45. The Morgan fingerprint density at radius 1 is 1.35 bits per heavy atom. The number of hydrogen-bond acceptors (Lipinski definition) is 2. The van der Waals surface area contributed by atoms with Crippen LogP contribution in [0.25, 0.3) is 0 Å². The number of nitrogens with zero attached hydrogens (tertiary/aromatic N) is 2. The van der Waals surface area contributed by atoms with E-state index in [0.717, 1.165) is 18.4 Å². The predicted octanol–water partition coefficient (Wildman–Crippen LogP) is 2.79. The van der Waals surface area contributed by atoms with E-state index < -0.39 is 11.6 Å². The molecule has 0 fully saturated rings. The van der Waals surface area contributed by atoms with Gasteiger partial charge in [0, 0.05) is 18.9 Å². The number of halogens is 2. The molecular formula is C12H13F2N3. The van der Waals surface area contributed by atoms with Crippen LogP contribution in [-0.2, 0) is 13.1 Å². The van der Waals surface area contributed by atoms with E-state index in [1.165, 1.54) is 12.1 Å². The van der Waals surface area contributed by atoms with Crippen LogP contribution >= 0.6 is 0 Å². The molecule has 0 saturated heterocycles. The Morgan fingerprint density at radius 3 is 2.94 bits per heavy atom. The number of anilines is 1. The lowest BCUT2D eigenvalue weighted by Crippen LogP contribution is -2.08. The van der Waals surface area contributed by atoms with E-state index in [1.807, 2.05) is 17.7 Å². The standard InChI is InChI=1S/C12H13F2N3/c1-2-17-7-6-15-11(17)8-16-10-5-3-4-9(13)12(10)14/h3-7,16H,2,8H2,1H3. The molecule has 2 aromatic rings. The zero-order chi connectivity index (χ0) is 12.3. The van der Waals surface area contributed by atoms with Gasteiger partial charge >= 0.3 is 0 Å². The van der Waals surface area contributed by atoms with Gasteiger partial charge in [-0.25, -0.2) is 13.8 Å². The second-order valence-electron chi connectivity index (χ2n) is 3.58. The Kier molecular flexibility index (Phi) is 3.37. The number of nitrogens with one attached hydrogen (secondary N) is 1. The lowest BCUT2D eigenvalue weighted by Gasteiger charge is -2.08. The van der Waals surface area contributed by atoms with Gasteiger partial charge in [-0.3, -0.25) is 0 Å². The normalized spacial score (nSPS) is 10.5. The highest BCUT2D eigenvalue weighted by atomic mass is 19.2. The number of aryl methyl sites for hydroxylation is 1. The van der Waals surface area contributed by atoms with Crippen LogP contribution in [0.4, 0.5) is 14.5 Å². The van der Waals surface area contributed by atoms with Crippen LogP contribution in [0, 0.1) is 11.6 Å². The maximum atomic E-state index is 13.3. The van der Waals surface area contributed by atoms with Gasteiger partial charge in [-0.05, 0) is 19.1 Å². The van der Waals surface area contributed by atoms with Gasteiger partial charge in [-0.1, -0.05) is 6.07 Å². The quantitative estimate of drug-likeness (QED) is 0.886. The molecule has 0 bridgehead atoms. The summed E-state index contributed by atoms with van der Waals surface area (Å²) in [5.41, 5.74) is 0.149. The van der Waals surface area contributed by atoms with Crippen molar-refractivity contribution < 1.29 is 8.78 Å². The predicted molar refractivity (Wildman–Crippen MR) is 61.6 cm³/mol. The minimum atomic E-state index is -0.859. The van der Waals surface area contributed by atoms with Crippen LogP contribution in [0.15, 0.2) is 30.6 Å². The first kappa shape index (κ1) is 11.6. The zero-order valence-electron chi connectivity index (χ0n) is 9.45. The van der Waals surface area contributed by atoms with Crippen molar-refractivity contribution in [2.45, 2.75) is 20.0 Å². The molecular weight excluding hydrogens is 224 g/mol. The molecule has 5 heteroatoms. The fourth-order valence-corrected chi connectivity index (χ4v) is 1.61. The number of aromatic nitrogens is 2. The van der Waals surface area contributed by atoms with Crippen LogP contribution in [-0.4, -0.2) is 9.55 Å². The van der Waals surface area contributed by atoms with E-state index in [0.29, 0.717) is 6.54 Å². The largest absolute Gasteiger partial charge is 0.375 e. The first-order chi connectivity index (χ1) is 8.22. The lowest BCUT2D eigenvalue weighted by atomic mass is 10.3. The Labute approximate surface area is 98.1 Å². The number of imidazole rings is 1. The fourth-order valence-electron chi connectivity index (χ4n) is 1.61. The Balaban J connectivity index is 2.10. The Morgan fingerprint density at radius 2 is 2.18 bits per heavy atom. The van der Waals surface area contributed by atoms with Gasteiger partial charge in [0.05, 0.1) is 12.2 Å². The summed E-state index contributed by atoms with van der Waals surface area (Å²) in [5.74, 6) is -0.924. The third kappa shape index (κ3) is 2.43. The number of rotatable bonds is 4. The van der Waals surface area contributed by atoms with Crippen LogP contribution < -0.4 is 5.32 Å². The molecule has 0 aliphatic carbocycles. The van der Waals surface area contributed by atoms with Gasteiger partial charge in [0.1, 0.15) is 5.82 Å². The van der Waals surface area contributed by atoms with Gasteiger partial charge in [0.25, 0.3) is 0 Å². The second kappa shape index (κ2) is 4.95. The smallest absolute Gasteiger partial charge is 0.181 e. The topological polar surface area (TPSA) is 29.9 Å². The molecule has 0 unspecified atom stereocenters. The van der Waals surface area contributed by atoms with Gasteiger partial charge in [-0.2, -0.15) is 0 Å². The Bertz CT molecular complexity index is 508. The third-order valence-corrected chi connectivity index (χ3v) is 2.53. The van der Waals surface area contributed by atoms with Gasteiger partial charge in [-0.15, -0.1) is 0 Å². The molecule has 1 heterocycles. The van der Waals surface area contributed by atoms with Crippen LogP contribution in [0.3, 0.4) is 0 Å². The van der Waals surface area contributed by atoms with Gasteiger partial charge < -0.3 is 9.88 Å². The molecule has 2 rings (SSSR count). The van der Waals surface area contributed by atoms with Crippen molar-refractivity contribution in [2.75, 3.05) is 5.32 Å². The van der Waals surface area contributed by atoms with Crippen LogP contribution in [0.2, 0.25) is 0 Å². The first-order valence-corrected chi connectivity index (χ1v) is 5.40. The van der Waals surface area contributed by atoms with Crippen molar-refractivity contribution in [3.8, 4) is 0 Å². The molecule has 1 N–H and O–H groups in total. The SMILES string of the molecule is CCn1ccnc1CNc1cccc(F)c1F. The third-order valence-electron chi connectivity index (χ3n) is 2.53. The monoisotopic (exact) mass is 237 g/mol. The molecule has 0 atom stereocenters. The molecule has 90 valence electrons. The summed E-state index contributed by atoms with van der Waals surface area (Å²) in [6.45, 7) is 3.15. The molecule has 3 nitrogen and oxygen atoms in total. The second-order valence-corrected chi connectivity index (χ2v) is 3.58. The summed E-state index contributed by atoms with van der Waals surface area (Å²) in [6.07, 6.45) is 3.53. The fraction of sp³-hybridized carbons (Fsp3) is 0.250. The summed E-state index contributed by atoms with van der Waals surface area (Å²) >= 11 is 0. The van der Waals surface area contributed by atoms with E-state index in [9.17, 15) is 8.78 Å². The molecule has 17 heavy (non-hydrogen) atoms. The summed E-state index contributed by atoms with van der Waals surface area (Å²) in [5, 5.41) is 2.83. The maximum Gasteiger partial charge on any atom is 0.181 e. The minimum absolute atomic E-state index is 0.149. The van der Waals surface area contributed by atoms with Crippen molar-refractivity contribution >= 4 is 5.69 Å². The van der Waals surface area contributed by atoms with E-state index in [-0.39, 0.29) is 5.69 Å². The van der Waals surface area contributed by atoms with E-state index in [4.69, 9.17) is 0 Å². The van der Waals surface area contributed by atoms with Crippen molar-refractivity contribution in [3.05, 3.63) is 48.1 Å². The molecule has 1 aromatic heterocycles. The van der Waals surface area contributed by atoms with E-state index >= 15 is 0 Å². The average Bonchev–Trinajstić information content (AvgIpc) is 2.78. The summed E-state index contributed by atoms with van der Waals surface area (Å²) in [7, 11) is 0. The minimum Gasteiger partial charge on any atom is -0.375 e. The highest BCUT2D eigenvalue weighted by Crippen LogP contribution is 2.17. The van der Waals surface area contributed by atoms with Crippen molar-refractivity contribution in [1.82, 2.24) is 9.55 Å². The Hall–Kier alpha value is -1.91. The van der Waals surface area contributed by atoms with Crippen molar-refractivity contribution in [2.24, 2.45) is 0 Å². The van der Waals surface area contributed by atoms with E-state index in [2.05, 4.69) is 10.3 Å². The number of hydrogen-bond donors (Lipinski definition) is 1. The van der Waals surface area contributed by atoms with Crippen LogP contribution in [0.5, 0.6) is 0 Å². The van der Waals surface area contributed by atoms with Gasteiger partial charge in [0.15, 0.2) is 11.6 Å². The van der Waals surface area contributed by atoms with E-state index in [1.54, 1.807) is 6.20 Å². The first-order valence-electron chi connectivity index (χ1n) is 5.40. The van der Waals surface area contributed by atoms with Gasteiger partial charge in [0.2, 0.25) is 0 Å². The van der Waals surface area contributed by atoms with Crippen LogP contribution in [0.1, 0.15) is 12.7 Å². The molecule has 0 aliphatic rings. The molecule has 0 amide bonds. The molecule has 0 radical (unpaired) electrons. The lowest BCUT2D eigenvalue weighted by molar-refractivity contribution is 0.510.